The minimum atomic E-state index is 0.694. The Hall–Kier alpha value is -0.920. The van der Waals surface area contributed by atoms with Gasteiger partial charge in [-0.3, -0.25) is 4.68 Å². The molecule has 1 aromatic heterocycles. The molecule has 17 heavy (non-hydrogen) atoms. The van der Waals surface area contributed by atoms with Crippen LogP contribution in [0.25, 0.3) is 0 Å². The molecule has 0 radical (unpaired) electrons. The Balaban J connectivity index is 1.64. The summed E-state index contributed by atoms with van der Waals surface area (Å²) in [6, 6.07) is 5.09. The maximum atomic E-state index is 3.73. The lowest BCUT2D eigenvalue weighted by molar-refractivity contribution is 0.293. The lowest BCUT2D eigenvalue weighted by Crippen LogP contribution is -2.34. The van der Waals surface area contributed by atoms with Crippen molar-refractivity contribution in [3.8, 4) is 0 Å². The zero-order chi connectivity index (χ0) is 11.8. The third-order valence-electron chi connectivity index (χ3n) is 4.59. The Morgan fingerprint density at radius 1 is 1.00 bits per heavy atom. The first kappa shape index (κ1) is 11.2. The smallest absolute Gasteiger partial charge is 0.0427 e. The topological polar surface area (TPSA) is 17.0 Å². The largest absolute Gasteiger partial charge is 0.323 e. The summed E-state index contributed by atoms with van der Waals surface area (Å²) in [6.07, 6.45) is 8.63. The Morgan fingerprint density at radius 3 is 2.35 bits per heavy atom. The van der Waals surface area contributed by atoms with E-state index in [-0.39, 0.29) is 0 Å². The summed E-state index contributed by atoms with van der Waals surface area (Å²) in [5.74, 6) is 2.09. The highest BCUT2D eigenvalue weighted by atomic mass is 15.4. The number of nitrogens with one attached hydrogen (secondary N) is 1. The van der Waals surface area contributed by atoms with Crippen LogP contribution in [0.15, 0.2) is 12.1 Å². The van der Waals surface area contributed by atoms with E-state index in [2.05, 4.69) is 36.1 Å². The fraction of sp³-hybridized carbons (Fsp3) is 0.733. The first-order valence-electron chi connectivity index (χ1n) is 7.15. The summed E-state index contributed by atoms with van der Waals surface area (Å²) in [5.41, 5.74) is 6.39. The molecular weight excluding hydrogens is 208 g/mol. The Bertz CT molecular complexity index is 370. The van der Waals surface area contributed by atoms with Gasteiger partial charge >= 0.3 is 0 Å². The number of aromatic nitrogens is 1. The SMILES string of the molecule is Cc1ccc(C)n1NC1CCCC(C2CC2)C1. The number of aryl methyl sites for hydroxylation is 2. The van der Waals surface area contributed by atoms with E-state index in [1.165, 1.54) is 49.9 Å². The van der Waals surface area contributed by atoms with E-state index in [0.717, 1.165) is 11.8 Å². The van der Waals surface area contributed by atoms with E-state index in [1.807, 2.05) is 0 Å². The van der Waals surface area contributed by atoms with Crippen molar-refractivity contribution in [3.05, 3.63) is 23.5 Å². The maximum absolute atomic E-state index is 3.73. The van der Waals surface area contributed by atoms with Crippen molar-refractivity contribution in [2.45, 2.75) is 58.4 Å². The van der Waals surface area contributed by atoms with Crippen LogP contribution in [-0.2, 0) is 0 Å². The molecule has 2 nitrogen and oxygen atoms in total. The highest BCUT2D eigenvalue weighted by Crippen LogP contribution is 2.44. The molecule has 94 valence electrons. The number of nitrogens with zero attached hydrogens (tertiary/aromatic N) is 1. The van der Waals surface area contributed by atoms with Gasteiger partial charge in [0.15, 0.2) is 0 Å². The standard InChI is InChI=1S/C15H24N2/c1-11-6-7-12(2)17(11)16-15-5-3-4-14(10-15)13-8-9-13/h6-7,13-16H,3-5,8-10H2,1-2H3. The molecule has 2 fully saturated rings. The minimum Gasteiger partial charge on any atom is -0.323 e. The molecule has 0 amide bonds. The van der Waals surface area contributed by atoms with Gasteiger partial charge < -0.3 is 5.43 Å². The summed E-state index contributed by atoms with van der Waals surface area (Å²) < 4.78 is 2.28. The van der Waals surface area contributed by atoms with Crippen LogP contribution in [0.5, 0.6) is 0 Å². The van der Waals surface area contributed by atoms with Crippen LogP contribution in [0.4, 0.5) is 0 Å². The molecular formula is C15H24N2. The van der Waals surface area contributed by atoms with Crippen molar-refractivity contribution in [1.82, 2.24) is 4.68 Å². The average molecular weight is 232 g/mol. The molecule has 2 heteroatoms. The van der Waals surface area contributed by atoms with Crippen LogP contribution >= 0.6 is 0 Å². The number of hydrogen-bond donors (Lipinski definition) is 1. The zero-order valence-corrected chi connectivity index (χ0v) is 11.1. The molecule has 0 spiro atoms. The lowest BCUT2D eigenvalue weighted by atomic mass is 9.83. The van der Waals surface area contributed by atoms with E-state index in [0.29, 0.717) is 6.04 Å². The summed E-state index contributed by atoms with van der Waals surface area (Å²) in [7, 11) is 0. The first-order valence-corrected chi connectivity index (χ1v) is 7.15. The van der Waals surface area contributed by atoms with Gasteiger partial charge in [-0.25, -0.2) is 0 Å². The van der Waals surface area contributed by atoms with E-state index in [9.17, 15) is 0 Å². The van der Waals surface area contributed by atoms with Gasteiger partial charge in [0.05, 0.1) is 0 Å². The predicted octanol–water partition coefficient (Wildman–Crippen LogP) is 3.62. The van der Waals surface area contributed by atoms with Crippen LogP contribution < -0.4 is 5.43 Å². The van der Waals surface area contributed by atoms with Gasteiger partial charge in [-0.2, -0.15) is 0 Å². The van der Waals surface area contributed by atoms with Crippen molar-refractivity contribution >= 4 is 0 Å². The Kier molecular flexibility index (Phi) is 2.89. The third kappa shape index (κ3) is 2.36. The second-order valence-electron chi connectivity index (χ2n) is 6.04. The van der Waals surface area contributed by atoms with E-state index in [1.54, 1.807) is 0 Å². The third-order valence-corrected chi connectivity index (χ3v) is 4.59. The van der Waals surface area contributed by atoms with Gasteiger partial charge in [-0.05, 0) is 63.5 Å². The summed E-state index contributed by atoms with van der Waals surface area (Å²) in [5, 5.41) is 0. The zero-order valence-electron chi connectivity index (χ0n) is 11.1. The molecule has 0 aliphatic heterocycles. The first-order chi connectivity index (χ1) is 8.24. The molecule has 1 heterocycles. The van der Waals surface area contributed by atoms with Gasteiger partial charge in [0.1, 0.15) is 0 Å². The average Bonchev–Trinajstić information content (AvgIpc) is 3.13. The quantitative estimate of drug-likeness (QED) is 0.842. The van der Waals surface area contributed by atoms with Crippen molar-refractivity contribution in [2.24, 2.45) is 11.8 Å². The molecule has 0 aromatic carbocycles. The maximum Gasteiger partial charge on any atom is 0.0427 e. The molecule has 2 unspecified atom stereocenters. The van der Waals surface area contributed by atoms with Crippen molar-refractivity contribution in [3.63, 3.8) is 0 Å². The van der Waals surface area contributed by atoms with Gasteiger partial charge in [-0.15, -0.1) is 0 Å². The predicted molar refractivity (Wildman–Crippen MR) is 71.7 cm³/mol. The second kappa shape index (κ2) is 4.40. The Labute approximate surface area is 104 Å². The van der Waals surface area contributed by atoms with Crippen molar-refractivity contribution in [1.29, 1.82) is 0 Å². The van der Waals surface area contributed by atoms with Gasteiger partial charge in [0.2, 0.25) is 0 Å². The molecule has 3 rings (SSSR count). The molecule has 2 aliphatic carbocycles. The number of rotatable bonds is 3. The summed E-state index contributed by atoms with van der Waals surface area (Å²) >= 11 is 0. The summed E-state index contributed by atoms with van der Waals surface area (Å²) in [6.45, 7) is 4.36. The van der Waals surface area contributed by atoms with E-state index in [4.69, 9.17) is 0 Å². The molecule has 1 N–H and O–H groups in total. The van der Waals surface area contributed by atoms with Gasteiger partial charge in [0, 0.05) is 17.4 Å². The lowest BCUT2D eigenvalue weighted by Gasteiger charge is -2.31. The summed E-state index contributed by atoms with van der Waals surface area (Å²) in [4.78, 5) is 0. The minimum absolute atomic E-state index is 0.694. The molecule has 2 atom stereocenters. The number of hydrogen-bond acceptors (Lipinski definition) is 1. The Morgan fingerprint density at radius 2 is 1.71 bits per heavy atom. The monoisotopic (exact) mass is 232 g/mol. The van der Waals surface area contributed by atoms with Gasteiger partial charge in [0.25, 0.3) is 0 Å². The van der Waals surface area contributed by atoms with Crippen LogP contribution in [0.3, 0.4) is 0 Å². The fourth-order valence-electron chi connectivity index (χ4n) is 3.40. The molecule has 0 bridgehead atoms. The highest BCUT2D eigenvalue weighted by Gasteiger charge is 2.34. The van der Waals surface area contributed by atoms with Crippen LogP contribution in [0.2, 0.25) is 0 Å². The van der Waals surface area contributed by atoms with Crippen molar-refractivity contribution < 1.29 is 0 Å². The van der Waals surface area contributed by atoms with Gasteiger partial charge in [-0.1, -0.05) is 12.8 Å². The van der Waals surface area contributed by atoms with Crippen LogP contribution in [0.1, 0.15) is 49.9 Å². The molecule has 2 aliphatic rings. The fourth-order valence-corrected chi connectivity index (χ4v) is 3.40. The highest BCUT2D eigenvalue weighted by molar-refractivity contribution is 5.16. The molecule has 0 saturated heterocycles. The van der Waals surface area contributed by atoms with Crippen LogP contribution in [0, 0.1) is 25.7 Å². The van der Waals surface area contributed by atoms with Crippen LogP contribution in [-0.4, -0.2) is 10.7 Å². The van der Waals surface area contributed by atoms with E-state index >= 15 is 0 Å². The molecule has 1 aromatic rings. The molecule has 2 saturated carbocycles. The van der Waals surface area contributed by atoms with Crippen molar-refractivity contribution in [2.75, 3.05) is 5.43 Å². The van der Waals surface area contributed by atoms with E-state index < -0.39 is 0 Å². The second-order valence-corrected chi connectivity index (χ2v) is 6.04. The normalized spacial score (nSPS) is 29.3.